The summed E-state index contributed by atoms with van der Waals surface area (Å²) in [5, 5.41) is 11.1. The molecule has 0 fully saturated rings. The van der Waals surface area contributed by atoms with Crippen LogP contribution in [0.15, 0.2) is 0 Å². The largest absolute Gasteiger partial charge is 0.394 e. The molecule has 4 heteroatoms. The van der Waals surface area contributed by atoms with E-state index in [1.807, 2.05) is 13.8 Å². The third-order valence-electron chi connectivity index (χ3n) is 1.49. The van der Waals surface area contributed by atoms with E-state index >= 15 is 0 Å². The van der Waals surface area contributed by atoms with E-state index < -0.39 is 0 Å². The minimum Gasteiger partial charge on any atom is -0.394 e. The summed E-state index contributed by atoms with van der Waals surface area (Å²) in [6.45, 7) is 4.14. The molecule has 0 spiro atoms. The first-order valence-electron chi connectivity index (χ1n) is 4.18. The van der Waals surface area contributed by atoms with Gasteiger partial charge in [-0.25, -0.2) is 0 Å². The molecule has 0 aromatic rings. The van der Waals surface area contributed by atoms with Crippen LogP contribution < -0.4 is 5.32 Å². The van der Waals surface area contributed by atoms with Crippen LogP contribution in [0.5, 0.6) is 0 Å². The molecule has 0 saturated carbocycles. The van der Waals surface area contributed by atoms with Gasteiger partial charge < -0.3 is 15.2 Å². The molecule has 72 valence electrons. The number of carbonyl (C=O) groups excluding carboxylic acids is 1. The van der Waals surface area contributed by atoms with E-state index in [9.17, 15) is 4.79 Å². The third kappa shape index (κ3) is 6.12. The zero-order valence-corrected chi connectivity index (χ0v) is 7.67. The molecule has 1 atom stereocenters. The molecule has 0 aromatic heterocycles. The average molecular weight is 175 g/mol. The minimum absolute atomic E-state index is 0.0326. The number of hydrogen-bond donors (Lipinski definition) is 2. The summed E-state index contributed by atoms with van der Waals surface area (Å²) >= 11 is 0. The van der Waals surface area contributed by atoms with E-state index in [4.69, 9.17) is 9.84 Å². The summed E-state index contributed by atoms with van der Waals surface area (Å²) in [6.07, 6.45) is 0.908. The number of rotatable bonds is 6. The first-order chi connectivity index (χ1) is 5.70. The molecule has 2 N–H and O–H groups in total. The number of nitrogens with one attached hydrogen (secondary N) is 1. The Hall–Kier alpha value is -0.610. The van der Waals surface area contributed by atoms with Gasteiger partial charge in [0.2, 0.25) is 5.91 Å². The lowest BCUT2D eigenvalue weighted by Crippen LogP contribution is -2.35. The first-order valence-corrected chi connectivity index (χ1v) is 4.18. The maximum Gasteiger partial charge on any atom is 0.246 e. The van der Waals surface area contributed by atoms with Gasteiger partial charge in [0.1, 0.15) is 6.61 Å². The van der Waals surface area contributed by atoms with Crippen LogP contribution in [0.4, 0.5) is 0 Å². The van der Waals surface area contributed by atoms with Gasteiger partial charge in [0.15, 0.2) is 0 Å². The SMILES string of the molecule is CCC(C)NC(=O)COCCO. The van der Waals surface area contributed by atoms with Crippen molar-refractivity contribution in [3.63, 3.8) is 0 Å². The Morgan fingerprint density at radius 2 is 2.33 bits per heavy atom. The fourth-order valence-electron chi connectivity index (χ4n) is 0.648. The lowest BCUT2D eigenvalue weighted by atomic mass is 10.2. The van der Waals surface area contributed by atoms with Crippen LogP contribution in [0.3, 0.4) is 0 Å². The number of aliphatic hydroxyl groups is 1. The van der Waals surface area contributed by atoms with Crippen LogP contribution in [0.1, 0.15) is 20.3 Å². The standard InChI is InChI=1S/C8H17NO3/c1-3-7(2)9-8(11)6-12-5-4-10/h7,10H,3-6H2,1-2H3,(H,9,11). The van der Waals surface area contributed by atoms with Crippen LogP contribution in [-0.4, -0.2) is 36.9 Å². The Kier molecular flexibility index (Phi) is 6.70. The summed E-state index contributed by atoms with van der Waals surface area (Å²) in [6, 6.07) is 0.190. The van der Waals surface area contributed by atoms with E-state index in [1.165, 1.54) is 0 Å². The molecule has 4 nitrogen and oxygen atoms in total. The van der Waals surface area contributed by atoms with Crippen LogP contribution in [0.25, 0.3) is 0 Å². The predicted molar refractivity (Wildman–Crippen MR) is 45.8 cm³/mol. The van der Waals surface area contributed by atoms with Gasteiger partial charge in [0.05, 0.1) is 13.2 Å². The Labute approximate surface area is 72.9 Å². The number of hydrogen-bond acceptors (Lipinski definition) is 3. The molecule has 0 rings (SSSR count). The lowest BCUT2D eigenvalue weighted by Gasteiger charge is -2.10. The molecule has 0 radical (unpaired) electrons. The van der Waals surface area contributed by atoms with E-state index in [-0.39, 0.29) is 31.8 Å². The van der Waals surface area contributed by atoms with Gasteiger partial charge in [-0.05, 0) is 13.3 Å². The topological polar surface area (TPSA) is 58.6 Å². The van der Waals surface area contributed by atoms with Crippen LogP contribution in [0, 0.1) is 0 Å². The molecule has 1 amide bonds. The molecule has 0 aliphatic rings. The van der Waals surface area contributed by atoms with Gasteiger partial charge >= 0.3 is 0 Å². The van der Waals surface area contributed by atoms with Gasteiger partial charge in [0.25, 0.3) is 0 Å². The summed E-state index contributed by atoms with van der Waals surface area (Å²) < 4.78 is 4.83. The number of ether oxygens (including phenoxy) is 1. The second-order valence-electron chi connectivity index (χ2n) is 2.65. The summed E-state index contributed by atoms with van der Waals surface area (Å²) in [5.41, 5.74) is 0. The van der Waals surface area contributed by atoms with Gasteiger partial charge in [-0.3, -0.25) is 4.79 Å². The van der Waals surface area contributed by atoms with Gasteiger partial charge in [-0.2, -0.15) is 0 Å². The summed E-state index contributed by atoms with van der Waals surface area (Å²) in [7, 11) is 0. The van der Waals surface area contributed by atoms with Crippen LogP contribution >= 0.6 is 0 Å². The molecule has 0 aromatic carbocycles. The highest BCUT2D eigenvalue weighted by Gasteiger charge is 2.04. The first kappa shape index (κ1) is 11.4. The zero-order chi connectivity index (χ0) is 9.40. The summed E-state index contributed by atoms with van der Waals surface area (Å²) in [4.78, 5) is 11.0. The molecular formula is C8H17NO3. The number of carbonyl (C=O) groups is 1. The van der Waals surface area contributed by atoms with Crippen molar-refractivity contribution in [2.75, 3.05) is 19.8 Å². The maximum atomic E-state index is 11.0. The van der Waals surface area contributed by atoms with Crippen molar-refractivity contribution in [3.8, 4) is 0 Å². The van der Waals surface area contributed by atoms with Crippen molar-refractivity contribution in [1.29, 1.82) is 0 Å². The van der Waals surface area contributed by atoms with Crippen molar-refractivity contribution in [2.45, 2.75) is 26.3 Å². The normalized spacial score (nSPS) is 12.6. The molecule has 0 saturated heterocycles. The highest BCUT2D eigenvalue weighted by atomic mass is 16.5. The van der Waals surface area contributed by atoms with Crippen LogP contribution in [0.2, 0.25) is 0 Å². The van der Waals surface area contributed by atoms with Gasteiger partial charge in [-0.1, -0.05) is 6.92 Å². The van der Waals surface area contributed by atoms with E-state index in [2.05, 4.69) is 5.32 Å². The third-order valence-corrected chi connectivity index (χ3v) is 1.49. The molecule has 0 heterocycles. The van der Waals surface area contributed by atoms with E-state index in [0.29, 0.717) is 0 Å². The zero-order valence-electron chi connectivity index (χ0n) is 7.67. The Bertz CT molecular complexity index is 127. The van der Waals surface area contributed by atoms with Crippen molar-refractivity contribution < 1.29 is 14.6 Å². The second kappa shape index (κ2) is 7.06. The molecular weight excluding hydrogens is 158 g/mol. The quantitative estimate of drug-likeness (QED) is 0.555. The molecule has 0 aliphatic carbocycles. The molecule has 1 unspecified atom stereocenters. The smallest absolute Gasteiger partial charge is 0.246 e. The second-order valence-corrected chi connectivity index (χ2v) is 2.65. The molecule has 0 bridgehead atoms. The van der Waals surface area contributed by atoms with E-state index in [1.54, 1.807) is 0 Å². The maximum absolute atomic E-state index is 11.0. The van der Waals surface area contributed by atoms with Crippen molar-refractivity contribution in [1.82, 2.24) is 5.32 Å². The Balaban J connectivity index is 3.33. The van der Waals surface area contributed by atoms with Gasteiger partial charge in [-0.15, -0.1) is 0 Å². The van der Waals surface area contributed by atoms with Crippen molar-refractivity contribution in [2.24, 2.45) is 0 Å². The molecule has 0 aliphatic heterocycles. The fourth-order valence-corrected chi connectivity index (χ4v) is 0.648. The summed E-state index contributed by atoms with van der Waals surface area (Å²) in [5.74, 6) is -0.127. The van der Waals surface area contributed by atoms with E-state index in [0.717, 1.165) is 6.42 Å². The number of amides is 1. The minimum atomic E-state index is -0.127. The van der Waals surface area contributed by atoms with Crippen LogP contribution in [-0.2, 0) is 9.53 Å². The number of aliphatic hydroxyl groups excluding tert-OH is 1. The fraction of sp³-hybridized carbons (Fsp3) is 0.875. The Morgan fingerprint density at radius 3 is 2.83 bits per heavy atom. The lowest BCUT2D eigenvalue weighted by molar-refractivity contribution is -0.126. The highest BCUT2D eigenvalue weighted by molar-refractivity contribution is 5.77. The average Bonchev–Trinajstić information content (AvgIpc) is 2.05. The highest BCUT2D eigenvalue weighted by Crippen LogP contribution is 1.87. The predicted octanol–water partition coefficient (Wildman–Crippen LogP) is -0.0900. The molecule has 12 heavy (non-hydrogen) atoms. The van der Waals surface area contributed by atoms with Gasteiger partial charge in [0, 0.05) is 6.04 Å². The monoisotopic (exact) mass is 175 g/mol. The Morgan fingerprint density at radius 1 is 1.67 bits per heavy atom. The van der Waals surface area contributed by atoms with Crippen molar-refractivity contribution in [3.05, 3.63) is 0 Å². The van der Waals surface area contributed by atoms with Crippen molar-refractivity contribution >= 4 is 5.91 Å².